The number of benzene rings is 4. The van der Waals surface area contributed by atoms with E-state index in [2.05, 4.69) is 84.1 Å². The van der Waals surface area contributed by atoms with Gasteiger partial charge >= 0.3 is 0 Å². The van der Waals surface area contributed by atoms with E-state index in [9.17, 15) is 4.79 Å². The van der Waals surface area contributed by atoms with Crippen LogP contribution in [0.2, 0.25) is 0 Å². The van der Waals surface area contributed by atoms with Crippen molar-refractivity contribution < 1.29 is 33.2 Å². The Morgan fingerprint density at radius 2 is 0.618 bits per heavy atom. The number of ether oxygens (including phenoxy) is 6. The second-order valence-corrected chi connectivity index (χ2v) is 19.2. The number of unbranched alkanes of at least 4 members (excludes halogenated alkanes) is 20. The van der Waals surface area contributed by atoms with Crippen LogP contribution in [-0.2, 0) is 4.79 Å². The third kappa shape index (κ3) is 18.7. The molecule has 0 radical (unpaired) electrons. The van der Waals surface area contributed by atoms with Gasteiger partial charge in [-0.3, -0.25) is 4.79 Å². The van der Waals surface area contributed by atoms with Crippen LogP contribution in [0.3, 0.4) is 0 Å². The summed E-state index contributed by atoms with van der Waals surface area (Å²) in [6.45, 7) is 19.1. The standard InChI is InChI=1S/C60H95NO7/c1-8-15-22-29-36-63-52-42-47-48-43-54(65-38-31-24-17-10-3)55(66-39-32-25-18-11-4)45-50(48)58-51(49(47)44-53(52)64-37-30-23-16-9-2)46-56(67-40-33-26-19-12-5)60(68-41-34-27-20-13-6)59(58)61-57(62)35-28-21-14-7/h42-46H,8-41H2,1-7H3,(H,61,62). The van der Waals surface area contributed by atoms with E-state index in [1.165, 1.54) is 44.9 Å². The highest BCUT2D eigenvalue weighted by Crippen LogP contribution is 2.51. The number of anilines is 1. The normalized spacial score (nSPS) is 11.5. The first-order valence-corrected chi connectivity index (χ1v) is 28.1. The van der Waals surface area contributed by atoms with Gasteiger partial charge in [-0.25, -0.2) is 0 Å². The zero-order chi connectivity index (χ0) is 48.6. The number of fused-ring (bicyclic) bond motifs is 6. The van der Waals surface area contributed by atoms with E-state index in [1.807, 2.05) is 0 Å². The molecule has 0 aromatic heterocycles. The van der Waals surface area contributed by atoms with Gasteiger partial charge in [0.15, 0.2) is 34.5 Å². The molecule has 0 spiro atoms. The summed E-state index contributed by atoms with van der Waals surface area (Å²) in [7, 11) is 0. The Balaban J connectivity index is 2.13. The van der Waals surface area contributed by atoms with Gasteiger partial charge in [0.25, 0.3) is 0 Å². The Bertz CT molecular complexity index is 1950. The lowest BCUT2D eigenvalue weighted by Gasteiger charge is -2.23. The summed E-state index contributed by atoms with van der Waals surface area (Å²) in [4.78, 5) is 14.3. The van der Waals surface area contributed by atoms with Crippen molar-refractivity contribution in [1.82, 2.24) is 0 Å². The highest BCUT2D eigenvalue weighted by atomic mass is 16.5. The van der Waals surface area contributed by atoms with Crippen LogP contribution in [0.1, 0.15) is 228 Å². The summed E-state index contributed by atoms with van der Waals surface area (Å²) in [5, 5.41) is 9.35. The molecule has 4 aromatic carbocycles. The van der Waals surface area contributed by atoms with Gasteiger partial charge in [0, 0.05) is 11.8 Å². The van der Waals surface area contributed by atoms with Crippen LogP contribution in [0.4, 0.5) is 5.69 Å². The van der Waals surface area contributed by atoms with Gasteiger partial charge < -0.3 is 33.7 Å². The monoisotopic (exact) mass is 942 g/mol. The molecule has 0 heterocycles. The molecule has 0 saturated carbocycles. The van der Waals surface area contributed by atoms with Crippen molar-refractivity contribution in [1.29, 1.82) is 0 Å². The quantitative estimate of drug-likeness (QED) is 0.0350. The summed E-state index contributed by atoms with van der Waals surface area (Å²) in [6, 6.07) is 10.9. The van der Waals surface area contributed by atoms with Gasteiger partial charge in [-0.05, 0) is 102 Å². The lowest BCUT2D eigenvalue weighted by Crippen LogP contribution is -2.14. The Hall–Kier alpha value is -4.07. The molecule has 0 aliphatic rings. The molecule has 0 aliphatic carbocycles. The number of carbonyl (C=O) groups excluding carboxylic acids is 1. The van der Waals surface area contributed by atoms with Gasteiger partial charge in [-0.15, -0.1) is 0 Å². The van der Waals surface area contributed by atoms with Crippen LogP contribution < -0.4 is 33.7 Å². The highest BCUT2D eigenvalue weighted by molar-refractivity contribution is 6.31. The molecule has 4 rings (SSSR count). The number of hydrogen-bond acceptors (Lipinski definition) is 7. The first-order chi connectivity index (χ1) is 33.5. The maximum Gasteiger partial charge on any atom is 0.224 e. The van der Waals surface area contributed by atoms with Crippen molar-refractivity contribution in [3.8, 4) is 34.5 Å². The summed E-state index contributed by atoms with van der Waals surface area (Å²) >= 11 is 0. The van der Waals surface area contributed by atoms with E-state index in [1.54, 1.807) is 0 Å². The highest BCUT2D eigenvalue weighted by Gasteiger charge is 2.25. The first-order valence-electron chi connectivity index (χ1n) is 28.1. The average molecular weight is 942 g/mol. The molecule has 382 valence electrons. The molecule has 68 heavy (non-hydrogen) atoms. The molecule has 0 fully saturated rings. The SMILES string of the molecule is CCCCCCOc1cc2c3cc(OCCCCCC)c(OCCCCCC)cc3c3c(NC(=O)CCCCC)c(OCCCCCC)c(OCCCCCC)cc3c2cc1OCCCCCC. The van der Waals surface area contributed by atoms with Gasteiger partial charge in [0.05, 0.1) is 45.3 Å². The lowest BCUT2D eigenvalue weighted by molar-refractivity contribution is -0.116. The molecule has 0 saturated heterocycles. The maximum atomic E-state index is 14.3. The largest absolute Gasteiger partial charge is 0.490 e. The zero-order valence-corrected chi connectivity index (χ0v) is 44.3. The van der Waals surface area contributed by atoms with Crippen molar-refractivity contribution in [3.63, 3.8) is 0 Å². The van der Waals surface area contributed by atoms with Gasteiger partial charge in [0.2, 0.25) is 5.91 Å². The van der Waals surface area contributed by atoms with Crippen LogP contribution >= 0.6 is 0 Å². The Labute approximate surface area is 413 Å². The number of carbonyl (C=O) groups is 1. The molecule has 4 aromatic rings. The van der Waals surface area contributed by atoms with E-state index in [0.29, 0.717) is 63.2 Å². The minimum atomic E-state index is -0.0220. The van der Waals surface area contributed by atoms with E-state index in [4.69, 9.17) is 28.4 Å². The van der Waals surface area contributed by atoms with Crippen molar-refractivity contribution in [3.05, 3.63) is 30.3 Å². The summed E-state index contributed by atoms with van der Waals surface area (Å²) in [5.41, 5.74) is 0.662. The predicted molar refractivity (Wildman–Crippen MR) is 290 cm³/mol. The molecule has 8 heteroatoms. The third-order valence-corrected chi connectivity index (χ3v) is 13.1. The summed E-state index contributed by atoms with van der Waals surface area (Å²) < 4.78 is 40.6. The molecule has 1 amide bonds. The average Bonchev–Trinajstić information content (AvgIpc) is 3.34. The van der Waals surface area contributed by atoms with Gasteiger partial charge in [-0.2, -0.15) is 0 Å². The molecule has 8 nitrogen and oxygen atoms in total. The summed E-state index contributed by atoms with van der Waals surface area (Å²) in [5.74, 6) is 4.21. The van der Waals surface area contributed by atoms with E-state index >= 15 is 0 Å². The van der Waals surface area contributed by atoms with Gasteiger partial charge in [0.1, 0.15) is 0 Å². The second kappa shape index (κ2) is 34.3. The first kappa shape index (κ1) is 56.5. The predicted octanol–water partition coefficient (Wildman–Crippen LogP) is 18.4. The Kier molecular flexibility index (Phi) is 28.5. The molecule has 1 N–H and O–H groups in total. The second-order valence-electron chi connectivity index (χ2n) is 19.2. The number of rotatable bonds is 41. The van der Waals surface area contributed by atoms with Crippen LogP contribution in [0.15, 0.2) is 30.3 Å². The summed E-state index contributed by atoms with van der Waals surface area (Å²) in [6.07, 6.45) is 29.7. The van der Waals surface area contributed by atoms with Crippen molar-refractivity contribution in [2.24, 2.45) is 0 Å². The third-order valence-electron chi connectivity index (χ3n) is 13.1. The fourth-order valence-electron chi connectivity index (χ4n) is 8.94. The lowest BCUT2D eigenvalue weighted by atomic mass is 9.91. The fraction of sp³-hybridized carbons (Fsp3) is 0.683. The van der Waals surface area contributed by atoms with E-state index < -0.39 is 0 Å². The minimum absolute atomic E-state index is 0.0220. The van der Waals surface area contributed by atoms with Crippen LogP contribution in [0, 0.1) is 0 Å². The minimum Gasteiger partial charge on any atom is -0.490 e. The zero-order valence-electron chi connectivity index (χ0n) is 44.3. The molecule has 0 atom stereocenters. The number of hydrogen-bond donors (Lipinski definition) is 1. The molecule has 0 aliphatic heterocycles. The fourth-order valence-corrected chi connectivity index (χ4v) is 8.94. The van der Waals surface area contributed by atoms with Crippen LogP contribution in [0.25, 0.3) is 32.3 Å². The van der Waals surface area contributed by atoms with E-state index in [-0.39, 0.29) is 5.91 Å². The smallest absolute Gasteiger partial charge is 0.224 e. The van der Waals surface area contributed by atoms with Crippen LogP contribution in [0.5, 0.6) is 34.5 Å². The molecular formula is C60H95NO7. The van der Waals surface area contributed by atoms with E-state index in [0.717, 1.165) is 184 Å². The number of nitrogens with one attached hydrogen (secondary N) is 1. The van der Waals surface area contributed by atoms with Crippen molar-refractivity contribution >= 4 is 43.9 Å². The van der Waals surface area contributed by atoms with Crippen LogP contribution in [-0.4, -0.2) is 45.5 Å². The molecule has 0 bridgehead atoms. The topological polar surface area (TPSA) is 84.5 Å². The maximum absolute atomic E-state index is 14.3. The number of amides is 1. The van der Waals surface area contributed by atoms with Crippen molar-refractivity contribution in [2.75, 3.05) is 45.0 Å². The molecule has 0 unspecified atom stereocenters. The van der Waals surface area contributed by atoms with Crippen molar-refractivity contribution in [2.45, 2.75) is 228 Å². The van der Waals surface area contributed by atoms with Gasteiger partial charge in [-0.1, -0.05) is 177 Å². The Morgan fingerprint density at radius 3 is 0.971 bits per heavy atom. The Morgan fingerprint density at radius 1 is 0.338 bits per heavy atom. The molecular weight excluding hydrogens is 847 g/mol.